The largest absolute Gasteiger partial charge is 0.303 e. The van der Waals surface area contributed by atoms with Gasteiger partial charge in [-0.15, -0.1) is 0 Å². The Hall–Kier alpha value is -0.760. The molecule has 0 aliphatic rings. The van der Waals surface area contributed by atoms with E-state index in [1.165, 1.54) is 5.56 Å². The number of carbonyl (C=O) groups is 1. The van der Waals surface area contributed by atoms with Gasteiger partial charge in [0.25, 0.3) is 0 Å². The van der Waals surface area contributed by atoms with Gasteiger partial charge in [-0.1, -0.05) is 36.8 Å². The zero-order chi connectivity index (χ0) is 10.4. The predicted octanol–water partition coefficient (Wildman–Crippen LogP) is 3.03. The van der Waals surface area contributed by atoms with Crippen molar-refractivity contribution >= 4 is 18.0 Å². The van der Waals surface area contributed by atoms with Crippen LogP contribution in [0.4, 0.5) is 0 Å². The summed E-state index contributed by atoms with van der Waals surface area (Å²) in [6.45, 7) is 4.17. The number of hydrogen-bond donors (Lipinski definition) is 0. The summed E-state index contributed by atoms with van der Waals surface area (Å²) in [5, 5.41) is 0. The minimum absolute atomic E-state index is 0.0554. The Morgan fingerprint density at radius 3 is 2.86 bits per heavy atom. The second-order valence-electron chi connectivity index (χ2n) is 3.32. The molecule has 1 aromatic carbocycles. The maximum Gasteiger partial charge on any atom is 0.128 e. The molecule has 0 fully saturated rings. The van der Waals surface area contributed by atoms with Crippen LogP contribution in [0.5, 0.6) is 0 Å². The van der Waals surface area contributed by atoms with E-state index in [0.29, 0.717) is 0 Å². The van der Waals surface area contributed by atoms with Crippen molar-refractivity contribution in [1.29, 1.82) is 0 Å². The zero-order valence-electron chi connectivity index (χ0n) is 8.69. The lowest BCUT2D eigenvalue weighted by atomic mass is 10.0. The van der Waals surface area contributed by atoms with Crippen molar-refractivity contribution in [3.05, 3.63) is 35.4 Å². The molecule has 0 aliphatic carbocycles. The van der Waals surface area contributed by atoms with E-state index >= 15 is 0 Å². The van der Waals surface area contributed by atoms with E-state index in [1.807, 2.05) is 23.9 Å². The maximum atomic E-state index is 10.9. The van der Waals surface area contributed by atoms with E-state index in [2.05, 4.69) is 26.0 Å². The van der Waals surface area contributed by atoms with E-state index in [1.54, 1.807) is 0 Å². The zero-order valence-corrected chi connectivity index (χ0v) is 9.51. The van der Waals surface area contributed by atoms with Gasteiger partial charge in [-0.25, -0.2) is 0 Å². The van der Waals surface area contributed by atoms with Crippen LogP contribution in [0.2, 0.25) is 0 Å². The lowest BCUT2D eigenvalue weighted by Gasteiger charge is -2.10. The third-order valence-corrected chi connectivity index (χ3v) is 3.14. The van der Waals surface area contributed by atoms with Crippen LogP contribution in [0, 0.1) is 6.92 Å². The molecule has 0 heterocycles. The molecule has 0 amide bonds. The molecule has 0 aliphatic heterocycles. The average molecular weight is 208 g/mol. The summed E-state index contributed by atoms with van der Waals surface area (Å²) in [6.07, 6.45) is 1.05. The highest BCUT2D eigenvalue weighted by Gasteiger charge is 2.09. The number of aldehydes is 1. The second-order valence-corrected chi connectivity index (χ2v) is 4.64. The summed E-state index contributed by atoms with van der Waals surface area (Å²) >= 11 is 1.81. The van der Waals surface area contributed by atoms with Gasteiger partial charge in [-0.05, 0) is 18.2 Å². The Morgan fingerprint density at radius 2 is 2.29 bits per heavy atom. The summed E-state index contributed by atoms with van der Waals surface area (Å²) in [6, 6.07) is 8.19. The Morgan fingerprint density at radius 1 is 1.50 bits per heavy atom. The van der Waals surface area contributed by atoms with Crippen LogP contribution >= 0.6 is 11.8 Å². The standard InChI is InChI=1S/C12H16OS/c1-3-14-9-12(8-13)11-6-4-5-10(2)7-11/h4-8,12H,3,9H2,1-2H3. The van der Waals surface area contributed by atoms with E-state index in [9.17, 15) is 4.79 Å². The third-order valence-electron chi connectivity index (χ3n) is 2.14. The van der Waals surface area contributed by atoms with Crippen molar-refractivity contribution in [2.24, 2.45) is 0 Å². The average Bonchev–Trinajstić information content (AvgIpc) is 2.19. The van der Waals surface area contributed by atoms with Crippen LogP contribution in [0.15, 0.2) is 24.3 Å². The summed E-state index contributed by atoms with van der Waals surface area (Å²) in [7, 11) is 0. The maximum absolute atomic E-state index is 10.9. The molecule has 2 heteroatoms. The van der Waals surface area contributed by atoms with Gasteiger partial charge in [-0.2, -0.15) is 11.8 Å². The fourth-order valence-electron chi connectivity index (χ4n) is 1.36. The van der Waals surface area contributed by atoms with Gasteiger partial charge in [0, 0.05) is 11.7 Å². The van der Waals surface area contributed by atoms with Crippen molar-refractivity contribution in [2.75, 3.05) is 11.5 Å². The van der Waals surface area contributed by atoms with Crippen LogP contribution in [0.25, 0.3) is 0 Å². The number of benzene rings is 1. The van der Waals surface area contributed by atoms with Gasteiger partial charge >= 0.3 is 0 Å². The van der Waals surface area contributed by atoms with Gasteiger partial charge in [0.1, 0.15) is 6.29 Å². The lowest BCUT2D eigenvalue weighted by Crippen LogP contribution is -2.03. The lowest BCUT2D eigenvalue weighted by molar-refractivity contribution is -0.108. The Labute approximate surface area is 89.9 Å². The fourth-order valence-corrected chi connectivity index (χ4v) is 2.12. The van der Waals surface area contributed by atoms with Crippen LogP contribution < -0.4 is 0 Å². The van der Waals surface area contributed by atoms with Gasteiger partial charge in [0.05, 0.1) is 0 Å². The molecule has 0 aromatic heterocycles. The first-order valence-electron chi connectivity index (χ1n) is 4.87. The number of carbonyl (C=O) groups excluding carboxylic acids is 1. The first-order chi connectivity index (χ1) is 6.77. The second kappa shape index (κ2) is 5.86. The van der Waals surface area contributed by atoms with Crippen LogP contribution in [-0.2, 0) is 4.79 Å². The van der Waals surface area contributed by atoms with Crippen LogP contribution in [-0.4, -0.2) is 17.8 Å². The van der Waals surface area contributed by atoms with Gasteiger partial charge in [0.2, 0.25) is 0 Å². The molecule has 0 saturated heterocycles. The topological polar surface area (TPSA) is 17.1 Å². The molecule has 0 spiro atoms. The monoisotopic (exact) mass is 208 g/mol. The SMILES string of the molecule is CCSCC(C=O)c1cccc(C)c1. The van der Waals surface area contributed by atoms with Crippen molar-refractivity contribution in [1.82, 2.24) is 0 Å². The molecule has 0 bridgehead atoms. The molecule has 0 radical (unpaired) electrons. The summed E-state index contributed by atoms with van der Waals surface area (Å²) in [4.78, 5) is 10.9. The molecule has 1 nitrogen and oxygen atoms in total. The minimum atomic E-state index is 0.0554. The molecule has 0 saturated carbocycles. The fraction of sp³-hybridized carbons (Fsp3) is 0.417. The molecule has 0 N–H and O–H groups in total. The van der Waals surface area contributed by atoms with Crippen LogP contribution in [0.3, 0.4) is 0 Å². The van der Waals surface area contributed by atoms with Crippen molar-refractivity contribution in [2.45, 2.75) is 19.8 Å². The molecule has 1 atom stereocenters. The summed E-state index contributed by atoms with van der Waals surface area (Å²) < 4.78 is 0. The molecule has 1 aromatic rings. The number of hydrogen-bond acceptors (Lipinski definition) is 2. The van der Waals surface area contributed by atoms with Crippen molar-refractivity contribution < 1.29 is 4.79 Å². The van der Waals surface area contributed by atoms with Crippen molar-refractivity contribution in [3.63, 3.8) is 0 Å². The molecular weight excluding hydrogens is 192 g/mol. The molecular formula is C12H16OS. The molecule has 14 heavy (non-hydrogen) atoms. The summed E-state index contributed by atoms with van der Waals surface area (Å²) in [5.74, 6) is 2.01. The normalized spacial score (nSPS) is 12.4. The van der Waals surface area contributed by atoms with E-state index in [-0.39, 0.29) is 5.92 Å². The highest BCUT2D eigenvalue weighted by atomic mass is 32.2. The summed E-state index contributed by atoms with van der Waals surface area (Å²) in [5.41, 5.74) is 2.36. The Kier molecular flexibility index (Phi) is 4.74. The third kappa shape index (κ3) is 3.18. The molecule has 1 unspecified atom stereocenters. The highest BCUT2D eigenvalue weighted by molar-refractivity contribution is 7.99. The Bertz CT molecular complexity index is 296. The first kappa shape index (κ1) is 11.3. The van der Waals surface area contributed by atoms with Crippen LogP contribution in [0.1, 0.15) is 24.0 Å². The van der Waals surface area contributed by atoms with Crippen molar-refractivity contribution in [3.8, 4) is 0 Å². The number of thioether (sulfide) groups is 1. The minimum Gasteiger partial charge on any atom is -0.303 e. The smallest absolute Gasteiger partial charge is 0.128 e. The quantitative estimate of drug-likeness (QED) is 0.692. The van der Waals surface area contributed by atoms with E-state index in [0.717, 1.165) is 23.4 Å². The first-order valence-corrected chi connectivity index (χ1v) is 6.03. The van der Waals surface area contributed by atoms with E-state index < -0.39 is 0 Å². The predicted molar refractivity (Wildman–Crippen MR) is 63.0 cm³/mol. The molecule has 1 rings (SSSR count). The highest BCUT2D eigenvalue weighted by Crippen LogP contribution is 2.19. The number of aryl methyl sites for hydroxylation is 1. The van der Waals surface area contributed by atoms with Gasteiger partial charge < -0.3 is 4.79 Å². The van der Waals surface area contributed by atoms with Gasteiger partial charge in [0.15, 0.2) is 0 Å². The number of rotatable bonds is 5. The Balaban J connectivity index is 2.73. The van der Waals surface area contributed by atoms with Gasteiger partial charge in [-0.3, -0.25) is 0 Å². The molecule has 76 valence electrons. The van der Waals surface area contributed by atoms with E-state index in [4.69, 9.17) is 0 Å².